The summed E-state index contributed by atoms with van der Waals surface area (Å²) < 4.78 is 2.84. The Hall–Kier alpha value is -2.94. The van der Waals surface area contributed by atoms with Gasteiger partial charge in [-0.25, -0.2) is 4.68 Å². The number of hydrogen-bond acceptors (Lipinski definition) is 3. The van der Waals surface area contributed by atoms with Gasteiger partial charge in [-0.3, -0.25) is 0 Å². The van der Waals surface area contributed by atoms with Gasteiger partial charge in [-0.05, 0) is 47.4 Å². The van der Waals surface area contributed by atoms with Crippen molar-refractivity contribution in [2.24, 2.45) is 0 Å². The summed E-state index contributed by atoms with van der Waals surface area (Å²) in [5, 5.41) is 16.5. The van der Waals surface area contributed by atoms with Gasteiger partial charge >= 0.3 is 0 Å². The summed E-state index contributed by atoms with van der Waals surface area (Å²) in [5.41, 5.74) is 4.26. The topological polar surface area (TPSA) is 41.6 Å². The van der Waals surface area contributed by atoms with Crippen LogP contribution in [-0.4, -0.2) is 9.78 Å². The van der Waals surface area contributed by atoms with Crippen molar-refractivity contribution in [2.75, 3.05) is 0 Å². The van der Waals surface area contributed by atoms with E-state index in [1.54, 1.807) is 11.3 Å². The van der Waals surface area contributed by atoms with Crippen molar-refractivity contribution >= 4 is 38.9 Å². The van der Waals surface area contributed by atoms with E-state index in [4.69, 9.17) is 5.10 Å². The fraction of sp³-hybridized carbons (Fsp3) is 0. The maximum absolute atomic E-state index is 9.70. The summed E-state index contributed by atoms with van der Waals surface area (Å²) in [4.78, 5) is 1.07. The van der Waals surface area contributed by atoms with E-state index in [0.29, 0.717) is 5.57 Å². The molecule has 0 aliphatic carbocycles. The van der Waals surface area contributed by atoms with Crippen LogP contribution < -0.4 is 0 Å². The van der Waals surface area contributed by atoms with Crippen LogP contribution in [0.2, 0.25) is 0 Å². The van der Waals surface area contributed by atoms with Crippen LogP contribution in [0.3, 0.4) is 0 Å². The van der Waals surface area contributed by atoms with Crippen molar-refractivity contribution < 1.29 is 0 Å². The molecule has 0 saturated heterocycles. The lowest BCUT2D eigenvalue weighted by Gasteiger charge is -2.00. The Morgan fingerprint density at radius 1 is 1.04 bits per heavy atom. The SMILES string of the molecule is N#C/C(=C\c1cn(-c2ccccc2)nc1-c1cccs1)c1ccc(Br)cc1. The molecule has 0 radical (unpaired) electrons. The second kappa shape index (κ2) is 7.75. The number of aromatic nitrogens is 2. The number of rotatable bonds is 4. The van der Waals surface area contributed by atoms with Crippen LogP contribution in [0, 0.1) is 11.3 Å². The number of para-hydroxylation sites is 1. The zero-order chi connectivity index (χ0) is 18.6. The standard InChI is InChI=1S/C22H14BrN3S/c23-19-10-8-16(9-11-19)17(14-24)13-18-15-26(20-5-2-1-3-6-20)25-22(18)21-7-4-12-27-21/h1-13,15H/b17-13+. The second-order valence-electron chi connectivity index (χ2n) is 5.87. The van der Waals surface area contributed by atoms with Crippen LogP contribution in [0.5, 0.6) is 0 Å². The van der Waals surface area contributed by atoms with Crippen molar-refractivity contribution in [1.29, 1.82) is 5.26 Å². The summed E-state index contributed by atoms with van der Waals surface area (Å²) in [6, 6.07) is 24.1. The van der Waals surface area contributed by atoms with Crippen LogP contribution >= 0.6 is 27.3 Å². The molecule has 0 bridgehead atoms. The molecule has 0 aliphatic heterocycles. The zero-order valence-corrected chi connectivity index (χ0v) is 16.6. The van der Waals surface area contributed by atoms with Gasteiger partial charge in [-0.2, -0.15) is 10.4 Å². The van der Waals surface area contributed by atoms with E-state index in [2.05, 4.69) is 22.0 Å². The first kappa shape index (κ1) is 17.5. The van der Waals surface area contributed by atoms with Gasteiger partial charge < -0.3 is 0 Å². The molecule has 0 spiro atoms. The van der Waals surface area contributed by atoms with Gasteiger partial charge in [-0.1, -0.05) is 52.3 Å². The molecule has 2 aromatic carbocycles. The summed E-state index contributed by atoms with van der Waals surface area (Å²) in [6.45, 7) is 0. The number of thiophene rings is 1. The largest absolute Gasteiger partial charge is 0.240 e. The fourth-order valence-electron chi connectivity index (χ4n) is 2.78. The predicted octanol–water partition coefficient (Wildman–Crippen LogP) is 6.43. The summed E-state index contributed by atoms with van der Waals surface area (Å²) in [5.74, 6) is 0. The maximum atomic E-state index is 9.70. The second-order valence-corrected chi connectivity index (χ2v) is 7.73. The van der Waals surface area contributed by atoms with E-state index in [1.165, 1.54) is 0 Å². The first-order valence-corrected chi connectivity index (χ1v) is 9.98. The van der Waals surface area contributed by atoms with Crippen molar-refractivity contribution in [3.05, 3.63) is 93.9 Å². The zero-order valence-electron chi connectivity index (χ0n) is 14.2. The Morgan fingerprint density at radius 3 is 2.48 bits per heavy atom. The Labute approximate surface area is 170 Å². The Bertz CT molecular complexity index is 1120. The highest BCUT2D eigenvalue weighted by molar-refractivity contribution is 9.10. The first-order valence-electron chi connectivity index (χ1n) is 8.31. The highest BCUT2D eigenvalue weighted by atomic mass is 79.9. The molecule has 0 N–H and O–H groups in total. The lowest BCUT2D eigenvalue weighted by atomic mass is 10.0. The van der Waals surface area contributed by atoms with E-state index in [0.717, 1.165) is 31.9 Å². The van der Waals surface area contributed by atoms with Crippen molar-refractivity contribution in [3.8, 4) is 22.3 Å². The monoisotopic (exact) mass is 431 g/mol. The molecule has 4 rings (SSSR count). The molecular formula is C22H14BrN3S. The lowest BCUT2D eigenvalue weighted by Crippen LogP contribution is -1.93. The van der Waals surface area contributed by atoms with E-state index < -0.39 is 0 Å². The van der Waals surface area contributed by atoms with Gasteiger partial charge in [-0.15, -0.1) is 11.3 Å². The lowest BCUT2D eigenvalue weighted by molar-refractivity contribution is 0.885. The third kappa shape index (κ3) is 3.77. The van der Waals surface area contributed by atoms with Crippen LogP contribution in [-0.2, 0) is 0 Å². The molecule has 2 aromatic heterocycles. The quantitative estimate of drug-likeness (QED) is 0.349. The number of halogens is 1. The molecule has 0 amide bonds. The minimum absolute atomic E-state index is 0.605. The highest BCUT2D eigenvalue weighted by Crippen LogP contribution is 2.30. The van der Waals surface area contributed by atoms with Crippen LogP contribution in [0.1, 0.15) is 11.1 Å². The molecule has 5 heteroatoms. The Balaban J connectivity index is 1.84. The van der Waals surface area contributed by atoms with Crippen LogP contribution in [0.4, 0.5) is 0 Å². The number of nitrogens with zero attached hydrogens (tertiary/aromatic N) is 3. The molecule has 4 aromatic rings. The minimum Gasteiger partial charge on any atom is -0.240 e. The summed E-state index contributed by atoms with van der Waals surface area (Å²) in [7, 11) is 0. The number of nitriles is 1. The van der Waals surface area contributed by atoms with Gasteiger partial charge in [0, 0.05) is 16.2 Å². The molecule has 0 saturated carbocycles. The van der Waals surface area contributed by atoms with Gasteiger partial charge in [0.2, 0.25) is 0 Å². The molecule has 27 heavy (non-hydrogen) atoms. The third-order valence-corrected chi connectivity index (χ3v) is 5.50. The Morgan fingerprint density at radius 2 is 1.81 bits per heavy atom. The maximum Gasteiger partial charge on any atom is 0.110 e. The smallest absolute Gasteiger partial charge is 0.110 e. The number of hydrogen-bond donors (Lipinski definition) is 0. The molecule has 0 unspecified atom stereocenters. The summed E-state index contributed by atoms with van der Waals surface area (Å²) >= 11 is 5.07. The summed E-state index contributed by atoms with van der Waals surface area (Å²) in [6.07, 6.45) is 3.88. The molecule has 0 atom stereocenters. The van der Waals surface area contributed by atoms with E-state index in [1.807, 2.05) is 89.1 Å². The average molecular weight is 432 g/mol. The van der Waals surface area contributed by atoms with Gasteiger partial charge in [0.15, 0.2) is 0 Å². The van der Waals surface area contributed by atoms with Crippen molar-refractivity contribution in [3.63, 3.8) is 0 Å². The third-order valence-electron chi connectivity index (χ3n) is 4.09. The van der Waals surface area contributed by atoms with Gasteiger partial charge in [0.25, 0.3) is 0 Å². The minimum atomic E-state index is 0.605. The first-order chi connectivity index (χ1) is 13.2. The van der Waals surface area contributed by atoms with Gasteiger partial charge in [0.05, 0.1) is 22.2 Å². The van der Waals surface area contributed by atoms with E-state index in [9.17, 15) is 5.26 Å². The molecule has 2 heterocycles. The van der Waals surface area contributed by atoms with Crippen molar-refractivity contribution in [1.82, 2.24) is 9.78 Å². The Kier molecular flexibility index (Phi) is 5.01. The number of allylic oxidation sites excluding steroid dienone is 1. The van der Waals surface area contributed by atoms with E-state index in [-0.39, 0.29) is 0 Å². The molecule has 0 fully saturated rings. The fourth-order valence-corrected chi connectivity index (χ4v) is 3.77. The van der Waals surface area contributed by atoms with E-state index >= 15 is 0 Å². The average Bonchev–Trinajstić information content (AvgIpc) is 3.37. The van der Waals surface area contributed by atoms with Crippen LogP contribution in [0.25, 0.3) is 27.9 Å². The molecule has 0 aliphatic rings. The predicted molar refractivity (Wildman–Crippen MR) is 115 cm³/mol. The normalized spacial score (nSPS) is 11.3. The van der Waals surface area contributed by atoms with Gasteiger partial charge in [0.1, 0.15) is 5.69 Å². The molecular weight excluding hydrogens is 418 g/mol. The molecule has 3 nitrogen and oxygen atoms in total. The highest BCUT2D eigenvalue weighted by Gasteiger charge is 2.13. The van der Waals surface area contributed by atoms with Crippen molar-refractivity contribution in [2.45, 2.75) is 0 Å². The number of benzene rings is 2. The molecule has 130 valence electrons. The van der Waals surface area contributed by atoms with Crippen LogP contribution in [0.15, 0.2) is 82.8 Å².